The van der Waals surface area contributed by atoms with Gasteiger partial charge in [0.05, 0.1) is 10.3 Å². The zero-order valence-corrected chi connectivity index (χ0v) is 13.0. The standard InChI is InChI=1S/C15H9ClN2O4S/c16-10-2-4-11(5-3-10)22-13-6-1-9(7-12(13)18(20)21)15-17-14(19)8-23-15/h1-8,19H. The number of thiazole rings is 1. The summed E-state index contributed by atoms with van der Waals surface area (Å²) in [6.07, 6.45) is 0. The lowest BCUT2D eigenvalue weighted by Gasteiger charge is -2.07. The topological polar surface area (TPSA) is 85.5 Å². The van der Waals surface area contributed by atoms with Gasteiger partial charge < -0.3 is 9.84 Å². The number of hydrogen-bond donors (Lipinski definition) is 1. The van der Waals surface area contributed by atoms with Gasteiger partial charge in [-0.3, -0.25) is 10.1 Å². The van der Waals surface area contributed by atoms with Crippen LogP contribution in [0.5, 0.6) is 17.4 Å². The molecule has 1 heterocycles. The van der Waals surface area contributed by atoms with E-state index < -0.39 is 4.92 Å². The van der Waals surface area contributed by atoms with E-state index in [1.807, 2.05) is 0 Å². The largest absolute Gasteiger partial charge is 0.493 e. The Morgan fingerprint density at radius 3 is 2.57 bits per heavy atom. The normalized spacial score (nSPS) is 10.5. The van der Waals surface area contributed by atoms with E-state index in [9.17, 15) is 15.2 Å². The fourth-order valence-corrected chi connectivity index (χ4v) is 2.71. The number of rotatable bonds is 4. The van der Waals surface area contributed by atoms with Crippen LogP contribution in [0, 0.1) is 10.1 Å². The molecule has 116 valence electrons. The lowest BCUT2D eigenvalue weighted by Crippen LogP contribution is -1.94. The molecule has 2 aromatic carbocycles. The summed E-state index contributed by atoms with van der Waals surface area (Å²) in [7, 11) is 0. The van der Waals surface area contributed by atoms with Gasteiger partial charge in [-0.2, -0.15) is 0 Å². The lowest BCUT2D eigenvalue weighted by atomic mass is 10.2. The van der Waals surface area contributed by atoms with Crippen LogP contribution in [-0.2, 0) is 0 Å². The molecule has 0 spiro atoms. The average Bonchev–Trinajstić information content (AvgIpc) is 2.96. The highest BCUT2D eigenvalue weighted by atomic mass is 35.5. The molecule has 0 amide bonds. The van der Waals surface area contributed by atoms with Crippen molar-refractivity contribution in [1.29, 1.82) is 0 Å². The van der Waals surface area contributed by atoms with Gasteiger partial charge in [0.1, 0.15) is 10.8 Å². The summed E-state index contributed by atoms with van der Waals surface area (Å²) in [5, 5.41) is 23.1. The Bertz CT molecular complexity index is 864. The van der Waals surface area contributed by atoms with Gasteiger partial charge >= 0.3 is 5.69 Å². The van der Waals surface area contributed by atoms with Crippen LogP contribution in [-0.4, -0.2) is 15.0 Å². The van der Waals surface area contributed by atoms with Crippen molar-refractivity contribution in [3.63, 3.8) is 0 Å². The Morgan fingerprint density at radius 1 is 1.22 bits per heavy atom. The Kier molecular flexibility index (Phi) is 4.14. The van der Waals surface area contributed by atoms with E-state index in [-0.39, 0.29) is 17.3 Å². The van der Waals surface area contributed by atoms with E-state index in [0.29, 0.717) is 21.3 Å². The molecule has 3 rings (SSSR count). The van der Waals surface area contributed by atoms with Crippen molar-refractivity contribution in [3.05, 3.63) is 63.0 Å². The second-order valence-corrected chi connectivity index (χ2v) is 5.80. The Balaban J connectivity index is 1.97. The number of ether oxygens (including phenoxy) is 1. The number of aromatic nitrogens is 1. The van der Waals surface area contributed by atoms with Gasteiger partial charge in [-0.15, -0.1) is 11.3 Å². The van der Waals surface area contributed by atoms with Crippen LogP contribution in [0.2, 0.25) is 5.02 Å². The first-order valence-electron chi connectivity index (χ1n) is 6.39. The third kappa shape index (κ3) is 3.41. The summed E-state index contributed by atoms with van der Waals surface area (Å²) >= 11 is 6.99. The first-order valence-corrected chi connectivity index (χ1v) is 7.65. The molecule has 1 N–H and O–H groups in total. The van der Waals surface area contributed by atoms with E-state index in [1.54, 1.807) is 30.3 Å². The SMILES string of the molecule is O=[N+]([O-])c1cc(-c2nc(O)cs2)ccc1Oc1ccc(Cl)cc1. The van der Waals surface area contributed by atoms with Gasteiger partial charge in [0.15, 0.2) is 0 Å². The van der Waals surface area contributed by atoms with Crippen LogP contribution in [0.25, 0.3) is 10.6 Å². The smallest absolute Gasteiger partial charge is 0.312 e. The van der Waals surface area contributed by atoms with Crippen LogP contribution in [0.15, 0.2) is 47.8 Å². The molecule has 0 bridgehead atoms. The summed E-state index contributed by atoms with van der Waals surface area (Å²) in [5.74, 6) is 0.438. The average molecular weight is 349 g/mol. The Labute approximate surface area is 139 Å². The number of nitro benzene ring substituents is 1. The van der Waals surface area contributed by atoms with E-state index >= 15 is 0 Å². The minimum Gasteiger partial charge on any atom is -0.493 e. The maximum absolute atomic E-state index is 11.3. The van der Waals surface area contributed by atoms with Crippen LogP contribution >= 0.6 is 22.9 Å². The fraction of sp³-hybridized carbons (Fsp3) is 0. The van der Waals surface area contributed by atoms with Crippen molar-refractivity contribution in [2.45, 2.75) is 0 Å². The second kappa shape index (κ2) is 6.23. The van der Waals surface area contributed by atoms with Crippen molar-refractivity contribution in [3.8, 4) is 28.0 Å². The van der Waals surface area contributed by atoms with Crippen molar-refractivity contribution in [2.24, 2.45) is 0 Å². The monoisotopic (exact) mass is 348 g/mol. The highest BCUT2D eigenvalue weighted by Crippen LogP contribution is 2.36. The van der Waals surface area contributed by atoms with Gasteiger partial charge in [-0.25, -0.2) is 4.98 Å². The van der Waals surface area contributed by atoms with E-state index in [1.165, 1.54) is 28.8 Å². The van der Waals surface area contributed by atoms with Gasteiger partial charge in [0.2, 0.25) is 11.6 Å². The minimum atomic E-state index is -0.526. The van der Waals surface area contributed by atoms with Crippen molar-refractivity contribution in [1.82, 2.24) is 4.98 Å². The van der Waals surface area contributed by atoms with Gasteiger partial charge in [0, 0.05) is 16.7 Å². The van der Waals surface area contributed by atoms with Crippen molar-refractivity contribution >= 4 is 28.6 Å². The third-order valence-corrected chi connectivity index (χ3v) is 4.07. The molecule has 8 heteroatoms. The molecular formula is C15H9ClN2O4S. The lowest BCUT2D eigenvalue weighted by molar-refractivity contribution is -0.385. The van der Waals surface area contributed by atoms with Crippen molar-refractivity contribution < 1.29 is 14.8 Å². The predicted octanol–water partition coefficient (Wildman–Crippen LogP) is 4.87. The zero-order valence-electron chi connectivity index (χ0n) is 11.5. The molecule has 3 aromatic rings. The van der Waals surface area contributed by atoms with Crippen LogP contribution in [0.4, 0.5) is 5.69 Å². The maximum Gasteiger partial charge on any atom is 0.312 e. The summed E-state index contributed by atoms with van der Waals surface area (Å²) in [6.45, 7) is 0. The Morgan fingerprint density at radius 2 is 1.96 bits per heavy atom. The number of halogens is 1. The summed E-state index contributed by atoms with van der Waals surface area (Å²) in [5.41, 5.74) is 0.345. The molecule has 0 atom stereocenters. The summed E-state index contributed by atoms with van der Waals surface area (Å²) in [6, 6.07) is 11.0. The Hall–Kier alpha value is -2.64. The summed E-state index contributed by atoms with van der Waals surface area (Å²) in [4.78, 5) is 14.7. The maximum atomic E-state index is 11.3. The second-order valence-electron chi connectivity index (χ2n) is 4.51. The molecule has 6 nitrogen and oxygen atoms in total. The minimum absolute atomic E-state index is 0.113. The highest BCUT2D eigenvalue weighted by molar-refractivity contribution is 7.13. The van der Waals surface area contributed by atoms with Crippen molar-refractivity contribution in [2.75, 3.05) is 0 Å². The van der Waals surface area contributed by atoms with Crippen LogP contribution < -0.4 is 4.74 Å². The molecule has 0 saturated heterocycles. The number of nitro groups is 1. The molecule has 0 radical (unpaired) electrons. The van der Waals surface area contributed by atoms with Crippen LogP contribution in [0.3, 0.4) is 0 Å². The van der Waals surface area contributed by atoms with Gasteiger partial charge in [-0.05, 0) is 36.4 Å². The van der Waals surface area contributed by atoms with E-state index in [0.717, 1.165) is 0 Å². The number of hydrogen-bond acceptors (Lipinski definition) is 6. The van der Waals surface area contributed by atoms with Crippen LogP contribution in [0.1, 0.15) is 0 Å². The first kappa shape index (κ1) is 15.3. The van der Waals surface area contributed by atoms with E-state index in [4.69, 9.17) is 16.3 Å². The predicted molar refractivity (Wildman–Crippen MR) is 87.4 cm³/mol. The summed E-state index contributed by atoms with van der Waals surface area (Å²) < 4.78 is 5.56. The fourth-order valence-electron chi connectivity index (χ4n) is 1.91. The number of nitrogens with zero attached hydrogens (tertiary/aromatic N) is 2. The molecule has 0 aliphatic heterocycles. The van der Waals surface area contributed by atoms with E-state index in [2.05, 4.69) is 4.98 Å². The molecule has 0 fully saturated rings. The molecule has 23 heavy (non-hydrogen) atoms. The highest BCUT2D eigenvalue weighted by Gasteiger charge is 2.18. The molecule has 0 aliphatic rings. The first-order chi connectivity index (χ1) is 11.0. The number of aromatic hydroxyl groups is 1. The molecule has 0 aliphatic carbocycles. The zero-order chi connectivity index (χ0) is 16.4. The molecular weight excluding hydrogens is 340 g/mol. The third-order valence-electron chi connectivity index (χ3n) is 2.94. The van der Waals surface area contributed by atoms with Gasteiger partial charge in [-0.1, -0.05) is 11.6 Å². The number of benzene rings is 2. The molecule has 1 aromatic heterocycles. The quantitative estimate of drug-likeness (QED) is 0.537. The molecule has 0 unspecified atom stereocenters. The van der Waals surface area contributed by atoms with Gasteiger partial charge in [0.25, 0.3) is 0 Å². The molecule has 0 saturated carbocycles.